The molecule has 14 nitrogen and oxygen atoms in total. The van der Waals surface area contributed by atoms with Crippen LogP contribution < -0.4 is 9.80 Å². The van der Waals surface area contributed by atoms with Crippen LogP contribution in [0.5, 0.6) is 0 Å². The van der Waals surface area contributed by atoms with Crippen molar-refractivity contribution in [2.75, 3.05) is 121 Å². The maximum Gasteiger partial charge on any atom is 0.500 e. The van der Waals surface area contributed by atoms with Gasteiger partial charge in [0.25, 0.3) is 0 Å². The summed E-state index contributed by atoms with van der Waals surface area (Å²) in [5.41, 5.74) is 4.78. The second-order valence-electron chi connectivity index (χ2n) is 13.1. The fourth-order valence-electron chi connectivity index (χ4n) is 6.80. The van der Waals surface area contributed by atoms with Gasteiger partial charge in [0, 0.05) is 147 Å². The maximum absolute atomic E-state index is 5.67. The van der Waals surface area contributed by atoms with Gasteiger partial charge in [0.1, 0.15) is 0 Å². The first kappa shape index (κ1) is 49.6. The van der Waals surface area contributed by atoms with Crippen LogP contribution in [0.25, 0.3) is 0 Å². The molecule has 0 aliphatic heterocycles. The number of nitrogens with zero attached hydrogens (tertiary/aromatic N) is 2. The smallest absolute Gasteiger partial charge is 0.377 e. The molecule has 0 atom stereocenters. The maximum atomic E-state index is 5.67. The molecule has 0 saturated heterocycles. The fourth-order valence-corrected chi connectivity index (χ4v) is 13.6. The predicted molar refractivity (Wildman–Crippen MR) is 225 cm³/mol. The van der Waals surface area contributed by atoms with E-state index in [9.17, 15) is 0 Å². The van der Waals surface area contributed by atoms with Crippen LogP contribution >= 0.6 is 0 Å². The van der Waals surface area contributed by atoms with Gasteiger partial charge < -0.3 is 62.9 Å². The first-order chi connectivity index (χ1) is 26.5. The second-order valence-corrected chi connectivity index (χ2v) is 25.4. The number of hydrogen-bond donors (Lipinski definition) is 0. The Labute approximate surface area is 335 Å². The van der Waals surface area contributed by atoms with Crippen molar-refractivity contribution in [1.29, 1.82) is 0 Å². The van der Waals surface area contributed by atoms with Crippen molar-refractivity contribution in [2.45, 2.75) is 56.3 Å². The van der Waals surface area contributed by atoms with Crippen LogP contribution in [-0.4, -0.2) is 147 Å². The van der Waals surface area contributed by atoms with Gasteiger partial charge in [-0.2, -0.15) is 0 Å². The summed E-state index contributed by atoms with van der Waals surface area (Å²) >= 11 is 0. The van der Waals surface area contributed by atoms with E-state index in [2.05, 4.69) is 58.3 Å². The average molecular weight is 847 g/mol. The lowest BCUT2D eigenvalue weighted by Gasteiger charge is -2.30. The van der Waals surface area contributed by atoms with Crippen molar-refractivity contribution < 1.29 is 53.1 Å². The van der Waals surface area contributed by atoms with E-state index >= 15 is 0 Å². The minimum Gasteiger partial charge on any atom is -0.377 e. The minimum absolute atomic E-state index is 0.720. The van der Waals surface area contributed by atoms with Gasteiger partial charge in [-0.15, -0.1) is 0 Å². The van der Waals surface area contributed by atoms with Crippen LogP contribution in [-0.2, 0) is 59.5 Å². The third kappa shape index (κ3) is 15.0. The zero-order valence-corrected chi connectivity index (χ0v) is 39.6. The third-order valence-electron chi connectivity index (χ3n) is 10.4. The SMILES string of the molecule is CO[Si](CCCN(CCC[Si](OC)(OC)OC)c1ccc(Cc2ccc(N(CCC[Si](OC)(OC)OC)CCC[Si](OC)(OC)OC)cc2)cc1)(OC)OC. The standard InChI is InChI=1S/C37H70N2O12Si4/c1-40-52(41-2,42-3)29-13-25-38(26-14-30-53(43-4,44-5)45-6)36-21-17-34(18-22-36)33-35-19-23-37(24-20-35)39(27-15-31-54(46-7,47-8)48-9)28-16-32-55(49-10,50-11)51-12/h17-24H,13-16,25-33H2,1-12H3. The monoisotopic (exact) mass is 846 g/mol. The molecule has 0 aliphatic rings. The van der Waals surface area contributed by atoms with E-state index in [1.807, 2.05) is 0 Å². The number of anilines is 2. The summed E-state index contributed by atoms with van der Waals surface area (Å²) in [6.07, 6.45) is 4.25. The summed E-state index contributed by atoms with van der Waals surface area (Å²) in [6.45, 7) is 3.28. The number of rotatable bonds is 32. The molecule has 55 heavy (non-hydrogen) atoms. The van der Waals surface area contributed by atoms with E-state index in [1.54, 1.807) is 85.3 Å². The van der Waals surface area contributed by atoms with Crippen LogP contribution in [0.4, 0.5) is 11.4 Å². The molecule has 18 heteroatoms. The first-order valence-corrected chi connectivity index (χ1v) is 26.6. The molecule has 0 amide bonds. The Morgan fingerprint density at radius 3 is 0.709 bits per heavy atom. The molecule has 2 aromatic rings. The lowest BCUT2D eigenvalue weighted by atomic mass is 10.0. The fraction of sp³-hybridized carbons (Fsp3) is 0.676. The highest BCUT2D eigenvalue weighted by Crippen LogP contribution is 2.26. The number of benzene rings is 2. The van der Waals surface area contributed by atoms with Crippen molar-refractivity contribution in [2.24, 2.45) is 0 Å². The van der Waals surface area contributed by atoms with Crippen LogP contribution in [0.2, 0.25) is 24.2 Å². The van der Waals surface area contributed by atoms with E-state index < -0.39 is 35.2 Å². The molecule has 0 aromatic heterocycles. The summed E-state index contributed by atoms with van der Waals surface area (Å²) in [7, 11) is 9.17. The van der Waals surface area contributed by atoms with Gasteiger partial charge in [-0.1, -0.05) is 24.3 Å². The molecule has 2 rings (SSSR count). The van der Waals surface area contributed by atoms with E-state index in [4.69, 9.17) is 53.1 Å². The normalized spacial score (nSPS) is 12.7. The molecular weight excluding hydrogens is 777 g/mol. The van der Waals surface area contributed by atoms with Gasteiger partial charge in [-0.05, 0) is 67.5 Å². The summed E-state index contributed by atoms with van der Waals surface area (Å²) < 4.78 is 68.1. The Hall–Kier alpha value is -1.57. The summed E-state index contributed by atoms with van der Waals surface area (Å²) in [5.74, 6) is 0. The molecule has 0 bridgehead atoms. The minimum atomic E-state index is -2.68. The predicted octanol–water partition coefficient (Wildman–Crippen LogP) is 5.96. The van der Waals surface area contributed by atoms with E-state index in [0.29, 0.717) is 0 Å². The van der Waals surface area contributed by atoms with Crippen molar-refractivity contribution >= 4 is 46.6 Å². The third-order valence-corrected chi connectivity index (χ3v) is 21.7. The molecule has 316 valence electrons. The average Bonchev–Trinajstić information content (AvgIpc) is 3.24. The molecule has 0 unspecified atom stereocenters. The molecule has 0 fully saturated rings. The molecular formula is C37H70N2O12Si4. The summed E-state index contributed by atoms with van der Waals surface area (Å²) in [4.78, 5) is 4.79. The van der Waals surface area contributed by atoms with Crippen LogP contribution in [0.15, 0.2) is 48.5 Å². The van der Waals surface area contributed by atoms with Crippen LogP contribution in [0.1, 0.15) is 36.8 Å². The van der Waals surface area contributed by atoms with E-state index in [0.717, 1.165) is 93.8 Å². The number of hydrogen-bond acceptors (Lipinski definition) is 14. The largest absolute Gasteiger partial charge is 0.500 e. The quantitative estimate of drug-likeness (QED) is 0.0807. The van der Waals surface area contributed by atoms with Gasteiger partial charge in [-0.3, -0.25) is 0 Å². The Morgan fingerprint density at radius 1 is 0.327 bits per heavy atom. The highest BCUT2D eigenvalue weighted by molar-refractivity contribution is 6.61. The molecule has 0 heterocycles. The summed E-state index contributed by atoms with van der Waals surface area (Å²) in [5, 5.41) is 0. The zero-order valence-electron chi connectivity index (χ0n) is 35.6. The topological polar surface area (TPSA) is 117 Å². The Kier molecular flexibility index (Phi) is 23.2. The molecule has 0 N–H and O–H groups in total. The van der Waals surface area contributed by atoms with E-state index in [-0.39, 0.29) is 0 Å². The van der Waals surface area contributed by atoms with Crippen LogP contribution in [0, 0.1) is 0 Å². The molecule has 0 radical (unpaired) electrons. The Balaban J connectivity index is 2.20. The zero-order chi connectivity index (χ0) is 40.8. The summed E-state index contributed by atoms with van der Waals surface area (Å²) in [6, 6.07) is 20.6. The molecule has 2 aromatic carbocycles. The van der Waals surface area contributed by atoms with Crippen molar-refractivity contribution in [1.82, 2.24) is 0 Å². The van der Waals surface area contributed by atoms with Gasteiger partial charge >= 0.3 is 35.2 Å². The molecule has 0 spiro atoms. The molecule has 0 saturated carbocycles. The molecule has 0 aliphatic carbocycles. The van der Waals surface area contributed by atoms with Crippen molar-refractivity contribution in [3.05, 3.63) is 59.7 Å². The Bertz CT molecular complexity index is 1100. The highest BCUT2D eigenvalue weighted by atomic mass is 28.4. The Morgan fingerprint density at radius 2 is 0.527 bits per heavy atom. The van der Waals surface area contributed by atoms with Crippen LogP contribution in [0.3, 0.4) is 0 Å². The van der Waals surface area contributed by atoms with Gasteiger partial charge in [0.2, 0.25) is 0 Å². The van der Waals surface area contributed by atoms with E-state index in [1.165, 1.54) is 11.1 Å². The first-order valence-electron chi connectivity index (χ1n) is 18.8. The van der Waals surface area contributed by atoms with Crippen molar-refractivity contribution in [3.63, 3.8) is 0 Å². The lowest BCUT2D eigenvalue weighted by molar-refractivity contribution is 0.122. The van der Waals surface area contributed by atoms with Gasteiger partial charge in [0.15, 0.2) is 0 Å². The van der Waals surface area contributed by atoms with Crippen molar-refractivity contribution in [3.8, 4) is 0 Å². The van der Waals surface area contributed by atoms with Gasteiger partial charge in [-0.25, -0.2) is 0 Å². The highest BCUT2D eigenvalue weighted by Gasteiger charge is 2.40. The lowest BCUT2D eigenvalue weighted by Crippen LogP contribution is -2.44. The second kappa shape index (κ2) is 25.7. The van der Waals surface area contributed by atoms with Gasteiger partial charge in [0.05, 0.1) is 0 Å².